The van der Waals surface area contributed by atoms with E-state index in [0.29, 0.717) is 31.2 Å². The average molecular weight is 498 g/mol. The highest BCUT2D eigenvalue weighted by Crippen LogP contribution is 2.10. The molecule has 1 amide bonds. The highest BCUT2D eigenvalue weighted by Gasteiger charge is 2.04. The van der Waals surface area contributed by atoms with Gasteiger partial charge in [-0.15, -0.1) is 24.0 Å². The average Bonchev–Trinajstić information content (AvgIpc) is 2.67. The first-order chi connectivity index (χ1) is 13.1. The topological polar surface area (TPSA) is 65.5 Å². The zero-order valence-corrected chi connectivity index (χ0v) is 18.6. The first-order valence-electron chi connectivity index (χ1n) is 9.16. The first kappa shape index (κ1) is 23.9. The molecule has 28 heavy (non-hydrogen) atoms. The maximum atomic E-state index is 13.3. The van der Waals surface area contributed by atoms with E-state index in [4.69, 9.17) is 0 Å². The van der Waals surface area contributed by atoms with E-state index in [-0.39, 0.29) is 42.2 Å². The third-order valence-electron chi connectivity index (χ3n) is 3.98. The van der Waals surface area contributed by atoms with Crippen molar-refractivity contribution >= 4 is 35.8 Å². The van der Waals surface area contributed by atoms with E-state index in [9.17, 15) is 9.18 Å². The molecule has 2 aromatic rings. The van der Waals surface area contributed by atoms with Crippen molar-refractivity contribution in [2.24, 2.45) is 4.99 Å². The lowest BCUT2D eigenvalue weighted by Gasteiger charge is -2.12. The van der Waals surface area contributed by atoms with Crippen LogP contribution in [0.1, 0.15) is 23.6 Å². The normalized spacial score (nSPS) is 10.8. The summed E-state index contributed by atoms with van der Waals surface area (Å²) < 4.78 is 13.3. The number of hydrogen-bond acceptors (Lipinski definition) is 2. The summed E-state index contributed by atoms with van der Waals surface area (Å²) in [6.07, 6.45) is 0.796. The van der Waals surface area contributed by atoms with E-state index in [1.807, 2.05) is 37.3 Å². The van der Waals surface area contributed by atoms with E-state index in [1.54, 1.807) is 19.1 Å². The number of carbonyl (C=O) groups excluding carboxylic acids is 1. The zero-order valence-electron chi connectivity index (χ0n) is 16.3. The Labute approximate surface area is 183 Å². The second kappa shape index (κ2) is 13.1. The molecule has 0 aromatic heterocycles. The van der Waals surface area contributed by atoms with Gasteiger partial charge in [0.2, 0.25) is 5.91 Å². The molecule has 0 aliphatic heterocycles. The maximum Gasteiger partial charge on any atom is 0.239 e. The summed E-state index contributed by atoms with van der Waals surface area (Å²) in [5, 5.41) is 9.01. The van der Waals surface area contributed by atoms with Crippen LogP contribution < -0.4 is 16.0 Å². The fourth-order valence-electron chi connectivity index (χ4n) is 2.53. The van der Waals surface area contributed by atoms with Crippen molar-refractivity contribution in [2.45, 2.75) is 26.8 Å². The van der Waals surface area contributed by atoms with Gasteiger partial charge in [0.15, 0.2) is 5.96 Å². The predicted molar refractivity (Wildman–Crippen MR) is 123 cm³/mol. The lowest BCUT2D eigenvalue weighted by Crippen LogP contribution is -2.43. The van der Waals surface area contributed by atoms with Crippen LogP contribution in [0.4, 0.5) is 4.39 Å². The summed E-state index contributed by atoms with van der Waals surface area (Å²) in [4.78, 5) is 16.4. The van der Waals surface area contributed by atoms with Crippen LogP contribution in [0.5, 0.6) is 0 Å². The van der Waals surface area contributed by atoms with Crippen LogP contribution in [-0.4, -0.2) is 31.5 Å². The van der Waals surface area contributed by atoms with Gasteiger partial charge in [-0.05, 0) is 43.0 Å². The first-order valence-corrected chi connectivity index (χ1v) is 9.16. The molecule has 0 aliphatic carbocycles. The number of carbonyl (C=O) groups is 1. The van der Waals surface area contributed by atoms with Crippen molar-refractivity contribution < 1.29 is 9.18 Å². The number of aryl methyl sites for hydroxylation is 1. The highest BCUT2D eigenvalue weighted by molar-refractivity contribution is 14.0. The number of rotatable bonds is 8. The third-order valence-corrected chi connectivity index (χ3v) is 3.98. The Morgan fingerprint density at radius 1 is 1.04 bits per heavy atom. The summed E-state index contributed by atoms with van der Waals surface area (Å²) in [5.74, 6) is 0.242. The van der Waals surface area contributed by atoms with Crippen LogP contribution in [0, 0.1) is 12.7 Å². The molecule has 2 rings (SSSR count). The maximum absolute atomic E-state index is 13.3. The summed E-state index contributed by atoms with van der Waals surface area (Å²) in [6.45, 7) is 5.51. The Balaban J connectivity index is 0.00000392. The van der Waals surface area contributed by atoms with Gasteiger partial charge in [0.05, 0.1) is 13.1 Å². The molecule has 0 atom stereocenters. The number of nitrogens with one attached hydrogen (secondary N) is 3. The Bertz CT molecular complexity index is 768. The fourth-order valence-corrected chi connectivity index (χ4v) is 2.53. The number of hydrogen-bond donors (Lipinski definition) is 3. The number of benzene rings is 2. The van der Waals surface area contributed by atoms with Gasteiger partial charge in [0, 0.05) is 13.1 Å². The molecule has 0 heterocycles. The van der Waals surface area contributed by atoms with Crippen LogP contribution in [-0.2, 0) is 17.8 Å². The van der Waals surface area contributed by atoms with E-state index in [1.165, 1.54) is 11.6 Å². The Morgan fingerprint density at radius 2 is 1.79 bits per heavy atom. The zero-order chi connectivity index (χ0) is 19.5. The van der Waals surface area contributed by atoms with Crippen LogP contribution in [0.15, 0.2) is 53.5 Å². The fraction of sp³-hybridized carbons (Fsp3) is 0.333. The minimum absolute atomic E-state index is 0. The molecular weight excluding hydrogens is 470 g/mol. The van der Waals surface area contributed by atoms with Crippen molar-refractivity contribution in [3.8, 4) is 0 Å². The van der Waals surface area contributed by atoms with Gasteiger partial charge < -0.3 is 16.0 Å². The van der Waals surface area contributed by atoms with Crippen molar-refractivity contribution in [1.29, 1.82) is 0 Å². The SMILES string of the molecule is CCNC(=NCc1ccc(F)c(C)c1)NCC(=O)NCCc1ccccc1.I. The second-order valence-electron chi connectivity index (χ2n) is 6.22. The van der Waals surface area contributed by atoms with Gasteiger partial charge in [-0.1, -0.05) is 42.5 Å². The molecule has 0 unspecified atom stereocenters. The second-order valence-corrected chi connectivity index (χ2v) is 6.22. The van der Waals surface area contributed by atoms with Crippen LogP contribution in [0.25, 0.3) is 0 Å². The van der Waals surface area contributed by atoms with Crippen LogP contribution in [0.2, 0.25) is 0 Å². The standard InChI is InChI=1S/C21H27FN4O.HI/c1-3-23-21(25-14-18-9-10-19(22)16(2)13-18)26-15-20(27)24-12-11-17-7-5-4-6-8-17;/h4-10,13H,3,11-12,14-15H2,1-2H3,(H,24,27)(H2,23,25,26);1H. The smallest absolute Gasteiger partial charge is 0.239 e. The molecule has 0 fully saturated rings. The molecule has 0 radical (unpaired) electrons. The van der Waals surface area contributed by atoms with Crippen molar-refractivity contribution in [1.82, 2.24) is 16.0 Å². The summed E-state index contributed by atoms with van der Waals surface area (Å²) in [7, 11) is 0. The summed E-state index contributed by atoms with van der Waals surface area (Å²) in [6, 6.07) is 15.0. The largest absolute Gasteiger partial charge is 0.357 e. The molecule has 152 valence electrons. The Kier molecular flexibility index (Phi) is 11.2. The van der Waals surface area contributed by atoms with Gasteiger partial charge in [-0.3, -0.25) is 4.79 Å². The van der Waals surface area contributed by atoms with E-state index >= 15 is 0 Å². The van der Waals surface area contributed by atoms with Gasteiger partial charge in [-0.2, -0.15) is 0 Å². The molecule has 7 heteroatoms. The molecule has 0 saturated heterocycles. The lowest BCUT2D eigenvalue weighted by molar-refractivity contribution is -0.119. The molecule has 2 aromatic carbocycles. The summed E-state index contributed by atoms with van der Waals surface area (Å²) >= 11 is 0. The molecule has 0 bridgehead atoms. The Morgan fingerprint density at radius 3 is 2.46 bits per heavy atom. The lowest BCUT2D eigenvalue weighted by atomic mass is 10.1. The van der Waals surface area contributed by atoms with Crippen molar-refractivity contribution in [3.63, 3.8) is 0 Å². The number of guanidine groups is 1. The summed E-state index contributed by atoms with van der Waals surface area (Å²) in [5.41, 5.74) is 2.70. The number of amides is 1. The highest BCUT2D eigenvalue weighted by atomic mass is 127. The minimum atomic E-state index is -0.222. The molecule has 3 N–H and O–H groups in total. The monoisotopic (exact) mass is 498 g/mol. The van der Waals surface area contributed by atoms with Gasteiger partial charge >= 0.3 is 0 Å². The van der Waals surface area contributed by atoms with Crippen LogP contribution in [0.3, 0.4) is 0 Å². The van der Waals surface area contributed by atoms with Gasteiger partial charge in [0.1, 0.15) is 5.82 Å². The number of nitrogens with zero attached hydrogens (tertiary/aromatic N) is 1. The van der Waals surface area contributed by atoms with E-state index in [2.05, 4.69) is 20.9 Å². The number of aliphatic imine (C=N–C) groups is 1. The quantitative estimate of drug-likeness (QED) is 0.298. The van der Waals surface area contributed by atoms with E-state index in [0.717, 1.165) is 12.0 Å². The molecular formula is C21H28FIN4O. The number of halogens is 2. The third kappa shape index (κ3) is 8.69. The molecule has 0 aliphatic rings. The molecule has 0 spiro atoms. The minimum Gasteiger partial charge on any atom is -0.357 e. The van der Waals surface area contributed by atoms with Gasteiger partial charge in [0.25, 0.3) is 0 Å². The Hall–Kier alpha value is -2.16. The van der Waals surface area contributed by atoms with E-state index < -0.39 is 0 Å². The molecule has 0 saturated carbocycles. The van der Waals surface area contributed by atoms with Crippen molar-refractivity contribution in [2.75, 3.05) is 19.6 Å². The van der Waals surface area contributed by atoms with Crippen LogP contribution >= 0.6 is 24.0 Å². The molecule has 5 nitrogen and oxygen atoms in total. The van der Waals surface area contributed by atoms with Crippen molar-refractivity contribution in [3.05, 3.63) is 71.0 Å². The predicted octanol–water partition coefficient (Wildman–Crippen LogP) is 3.17. The van der Waals surface area contributed by atoms with Gasteiger partial charge in [-0.25, -0.2) is 9.38 Å².